The number of fused-ring (bicyclic) bond motifs is 2. The Morgan fingerprint density at radius 1 is 0.949 bits per heavy atom. The normalized spacial score (nSPS) is 11.5. The van der Waals surface area contributed by atoms with Gasteiger partial charge in [-0.3, -0.25) is 0 Å². The number of aromatic amines is 2. The molecule has 196 valence electrons. The van der Waals surface area contributed by atoms with Crippen LogP contribution in [0.4, 0.5) is 0 Å². The predicted octanol–water partition coefficient (Wildman–Crippen LogP) is 5.20. The van der Waals surface area contributed by atoms with Crippen LogP contribution >= 0.6 is 11.6 Å². The van der Waals surface area contributed by atoms with Crippen molar-refractivity contribution < 1.29 is 9.90 Å². The fourth-order valence-corrected chi connectivity index (χ4v) is 5.34. The highest BCUT2D eigenvalue weighted by molar-refractivity contribution is 6.30. The Morgan fingerprint density at radius 3 is 2.56 bits per heavy atom. The Morgan fingerprint density at radius 2 is 1.79 bits per heavy atom. The number of carbonyl (C=O) groups is 1. The zero-order valence-corrected chi connectivity index (χ0v) is 21.8. The van der Waals surface area contributed by atoms with E-state index in [2.05, 4.69) is 30.2 Å². The van der Waals surface area contributed by atoms with Crippen LogP contribution in [-0.2, 0) is 38.6 Å². The van der Waals surface area contributed by atoms with E-state index in [1.54, 1.807) is 12.1 Å². The minimum absolute atomic E-state index is 0.273. The first-order chi connectivity index (χ1) is 19.0. The lowest BCUT2D eigenvalue weighted by molar-refractivity contribution is 0.0697. The van der Waals surface area contributed by atoms with Gasteiger partial charge in [0.2, 0.25) is 0 Å². The van der Waals surface area contributed by atoms with Crippen molar-refractivity contribution in [1.29, 1.82) is 0 Å². The molecule has 0 aliphatic rings. The molecule has 0 saturated carbocycles. The van der Waals surface area contributed by atoms with Gasteiger partial charge in [-0.05, 0) is 72.9 Å². The number of H-pyrrole nitrogens is 2. The second kappa shape index (κ2) is 10.7. The van der Waals surface area contributed by atoms with Crippen molar-refractivity contribution >= 4 is 39.5 Å². The van der Waals surface area contributed by atoms with Crippen molar-refractivity contribution in [2.24, 2.45) is 0 Å². The summed E-state index contributed by atoms with van der Waals surface area (Å²) >= 11 is 6.10. The third kappa shape index (κ3) is 5.26. The predicted molar refractivity (Wildman–Crippen MR) is 149 cm³/mol. The molecule has 0 fully saturated rings. The smallest absolute Gasteiger partial charge is 0.335 e. The number of hydrogen-bond donors (Lipinski definition) is 3. The topological polar surface area (TPSA) is 125 Å². The summed E-state index contributed by atoms with van der Waals surface area (Å²) in [4.78, 5) is 20.1. The van der Waals surface area contributed by atoms with Gasteiger partial charge >= 0.3 is 5.97 Å². The Hall–Kier alpha value is -4.50. The third-order valence-electron chi connectivity index (χ3n) is 7.10. The molecule has 6 aromatic rings. The summed E-state index contributed by atoms with van der Waals surface area (Å²) < 4.78 is 2.27. The van der Waals surface area contributed by atoms with E-state index in [-0.39, 0.29) is 5.56 Å². The maximum Gasteiger partial charge on any atom is 0.335 e. The monoisotopic (exact) mass is 539 g/mol. The summed E-state index contributed by atoms with van der Waals surface area (Å²) in [6.07, 6.45) is 3.60. The minimum Gasteiger partial charge on any atom is -0.478 e. The van der Waals surface area contributed by atoms with Crippen LogP contribution in [0.2, 0.25) is 5.02 Å². The molecule has 3 heterocycles. The third-order valence-corrected chi connectivity index (χ3v) is 7.35. The number of benzene rings is 3. The van der Waals surface area contributed by atoms with Gasteiger partial charge in [-0.1, -0.05) is 41.1 Å². The highest BCUT2D eigenvalue weighted by Crippen LogP contribution is 2.31. The highest BCUT2D eigenvalue weighted by atomic mass is 35.5. The quantitative estimate of drug-likeness (QED) is 0.220. The molecule has 0 aliphatic carbocycles. The average molecular weight is 540 g/mol. The number of para-hydroxylation sites is 2. The summed E-state index contributed by atoms with van der Waals surface area (Å²) in [6.45, 7) is 0.638. The van der Waals surface area contributed by atoms with Crippen LogP contribution in [0.5, 0.6) is 0 Å². The average Bonchev–Trinajstić information content (AvgIpc) is 3.67. The summed E-state index contributed by atoms with van der Waals surface area (Å²) in [7, 11) is 0. The van der Waals surface area contributed by atoms with Crippen LogP contribution in [-0.4, -0.2) is 46.2 Å². The standard InChI is InChI=1S/C29H26ClN7O2/c30-20-9-5-18(6-10-20)7-11-21-22-17-19(29(38)39)8-12-26(22)37(16-15-28-33-35-36-34-28)25(21)13-14-27-31-23-3-1-2-4-24(23)32-27/h1-6,8-10,12,17H,7,11,13-16H2,(H,31,32)(H,38,39)(H,33,34,35,36). The number of hydrogen-bond acceptors (Lipinski definition) is 5. The second-order valence-corrected chi connectivity index (χ2v) is 9.96. The van der Waals surface area contributed by atoms with Crippen molar-refractivity contribution in [2.45, 2.75) is 38.6 Å². The van der Waals surface area contributed by atoms with Crippen molar-refractivity contribution in [3.8, 4) is 0 Å². The van der Waals surface area contributed by atoms with Crippen molar-refractivity contribution in [1.82, 2.24) is 35.2 Å². The first-order valence-corrected chi connectivity index (χ1v) is 13.2. The van der Waals surface area contributed by atoms with Gasteiger partial charge in [-0.2, -0.15) is 5.21 Å². The van der Waals surface area contributed by atoms with E-state index in [1.807, 2.05) is 54.6 Å². The number of imidazole rings is 1. The molecular weight excluding hydrogens is 514 g/mol. The Bertz CT molecular complexity index is 1720. The van der Waals surface area contributed by atoms with Gasteiger partial charge in [0.15, 0.2) is 5.82 Å². The second-order valence-electron chi connectivity index (χ2n) is 9.52. The molecule has 0 amide bonds. The van der Waals surface area contributed by atoms with Crippen molar-refractivity contribution in [3.63, 3.8) is 0 Å². The van der Waals surface area contributed by atoms with Gasteiger partial charge in [-0.25, -0.2) is 9.78 Å². The van der Waals surface area contributed by atoms with E-state index in [9.17, 15) is 9.90 Å². The molecule has 3 aromatic heterocycles. The van der Waals surface area contributed by atoms with Gasteiger partial charge < -0.3 is 14.7 Å². The lowest BCUT2D eigenvalue weighted by Crippen LogP contribution is -2.10. The Balaban J connectivity index is 1.41. The van der Waals surface area contributed by atoms with Crippen LogP contribution in [0, 0.1) is 0 Å². The number of rotatable bonds is 10. The van der Waals surface area contributed by atoms with Crippen LogP contribution in [0.1, 0.15) is 38.8 Å². The number of aryl methyl sites for hydroxylation is 5. The number of carboxylic acids is 1. The van der Waals surface area contributed by atoms with E-state index >= 15 is 0 Å². The molecule has 0 saturated heterocycles. The molecular formula is C29H26ClN7O2. The molecule has 9 nitrogen and oxygen atoms in total. The maximum atomic E-state index is 11.9. The van der Waals surface area contributed by atoms with Crippen LogP contribution in [0.3, 0.4) is 0 Å². The van der Waals surface area contributed by atoms with Crippen molar-refractivity contribution in [2.75, 3.05) is 0 Å². The molecule has 3 aromatic carbocycles. The largest absolute Gasteiger partial charge is 0.478 e. The first kappa shape index (κ1) is 24.8. The molecule has 3 N–H and O–H groups in total. The van der Waals surface area contributed by atoms with Gasteiger partial charge in [0.05, 0.1) is 16.6 Å². The molecule has 39 heavy (non-hydrogen) atoms. The summed E-state index contributed by atoms with van der Waals surface area (Å²) in [5, 5.41) is 25.8. The van der Waals surface area contributed by atoms with Gasteiger partial charge in [-0.15, -0.1) is 10.2 Å². The SMILES string of the molecule is O=C(O)c1ccc2c(c1)c(CCc1ccc(Cl)cc1)c(CCc1nc3ccccc3[nH]1)n2CCc1nn[nH]n1. The van der Waals surface area contributed by atoms with Crippen molar-refractivity contribution in [3.05, 3.63) is 106 Å². The summed E-state index contributed by atoms with van der Waals surface area (Å²) in [6, 6.07) is 21.3. The molecule has 0 spiro atoms. The van der Waals surface area contributed by atoms with Gasteiger partial charge in [0.25, 0.3) is 0 Å². The minimum atomic E-state index is -0.941. The van der Waals surface area contributed by atoms with Gasteiger partial charge in [0.1, 0.15) is 5.82 Å². The number of halogens is 1. The molecule has 0 atom stereocenters. The fourth-order valence-electron chi connectivity index (χ4n) is 5.21. The van der Waals surface area contributed by atoms with Crippen LogP contribution in [0.25, 0.3) is 21.9 Å². The summed E-state index contributed by atoms with van der Waals surface area (Å²) in [5.74, 6) is 0.606. The number of aromatic nitrogens is 7. The zero-order chi connectivity index (χ0) is 26.8. The number of carboxylic acid groups (broad SMARTS) is 1. The molecule has 0 unspecified atom stereocenters. The maximum absolute atomic E-state index is 11.9. The number of tetrazole rings is 1. The Kier molecular flexibility index (Phi) is 6.81. The van der Waals surface area contributed by atoms with E-state index in [0.29, 0.717) is 30.2 Å². The van der Waals surface area contributed by atoms with Crippen LogP contribution < -0.4 is 0 Å². The van der Waals surface area contributed by atoms with E-state index in [0.717, 1.165) is 58.3 Å². The Labute approximate surface area is 228 Å². The zero-order valence-electron chi connectivity index (χ0n) is 21.1. The fraction of sp³-hybridized carbons (Fsp3) is 0.207. The van der Waals surface area contributed by atoms with E-state index in [4.69, 9.17) is 16.6 Å². The van der Waals surface area contributed by atoms with E-state index < -0.39 is 5.97 Å². The molecule has 10 heteroatoms. The molecule has 6 rings (SSSR count). The van der Waals surface area contributed by atoms with E-state index in [1.165, 1.54) is 5.56 Å². The number of nitrogens with one attached hydrogen (secondary N) is 2. The highest BCUT2D eigenvalue weighted by Gasteiger charge is 2.20. The number of nitrogens with zero attached hydrogens (tertiary/aromatic N) is 5. The molecule has 0 radical (unpaired) electrons. The lowest BCUT2D eigenvalue weighted by Gasteiger charge is -2.12. The number of aromatic carboxylic acids is 1. The van der Waals surface area contributed by atoms with Gasteiger partial charge in [0, 0.05) is 41.0 Å². The molecule has 0 bridgehead atoms. The molecule has 0 aliphatic heterocycles. The first-order valence-electron chi connectivity index (χ1n) is 12.8. The summed E-state index contributed by atoms with van der Waals surface area (Å²) in [5.41, 5.74) is 6.70. The van der Waals surface area contributed by atoms with Crippen LogP contribution in [0.15, 0.2) is 66.7 Å². The lowest BCUT2D eigenvalue weighted by atomic mass is 9.99.